The molecule has 0 aromatic heterocycles. The Balaban J connectivity index is 1.55. The summed E-state index contributed by atoms with van der Waals surface area (Å²) in [5.74, 6) is 3.84. The minimum absolute atomic E-state index is 0.0317. The predicted molar refractivity (Wildman–Crippen MR) is 134 cm³/mol. The summed E-state index contributed by atoms with van der Waals surface area (Å²) < 4.78 is 5.57. The molecule has 3 nitrogen and oxygen atoms in total. The van der Waals surface area contributed by atoms with Crippen LogP contribution < -0.4 is 0 Å². The van der Waals surface area contributed by atoms with Crippen LogP contribution in [0.1, 0.15) is 93.4 Å². The van der Waals surface area contributed by atoms with Crippen molar-refractivity contribution in [1.82, 2.24) is 0 Å². The van der Waals surface area contributed by atoms with E-state index in [1.54, 1.807) is 5.57 Å². The smallest absolute Gasteiger partial charge is 0.302 e. The zero-order valence-electron chi connectivity index (χ0n) is 22.1. The van der Waals surface area contributed by atoms with Crippen molar-refractivity contribution in [3.63, 3.8) is 0 Å². The Morgan fingerprint density at radius 2 is 1.70 bits per heavy atom. The molecule has 0 spiro atoms. The highest BCUT2D eigenvalue weighted by atomic mass is 16.5. The lowest BCUT2D eigenvalue weighted by atomic mass is 9.47. The van der Waals surface area contributed by atoms with Crippen LogP contribution in [-0.4, -0.2) is 23.3 Å². The number of carbonyl (C=O) groups excluding carboxylic acids is 1. The number of fused-ring (bicyclic) bond motifs is 5. The Bertz CT molecular complexity index is 796. The number of rotatable bonds is 5. The largest absolute Gasteiger partial charge is 0.463 e. The van der Waals surface area contributed by atoms with Crippen molar-refractivity contribution < 1.29 is 14.6 Å². The fraction of sp³-hybridized carbons (Fsp3) is 0.833. The van der Waals surface area contributed by atoms with Crippen molar-refractivity contribution in [3.8, 4) is 0 Å². The summed E-state index contributed by atoms with van der Waals surface area (Å²) in [5.41, 5.74) is 2.04. The van der Waals surface area contributed by atoms with E-state index in [0.29, 0.717) is 35.0 Å². The summed E-state index contributed by atoms with van der Waals surface area (Å²) in [4.78, 5) is 11.5. The highest BCUT2D eigenvalue weighted by Crippen LogP contribution is 2.66. The van der Waals surface area contributed by atoms with Gasteiger partial charge < -0.3 is 9.84 Å². The fourth-order valence-corrected chi connectivity index (χ4v) is 8.49. The summed E-state index contributed by atoms with van der Waals surface area (Å²) in [6.07, 6.45) is 14.7. The highest BCUT2D eigenvalue weighted by molar-refractivity contribution is 5.66. The number of ether oxygens (including phenoxy) is 1. The van der Waals surface area contributed by atoms with Crippen LogP contribution >= 0.6 is 0 Å². The highest BCUT2D eigenvalue weighted by Gasteiger charge is 2.59. The van der Waals surface area contributed by atoms with Crippen molar-refractivity contribution >= 4 is 5.97 Å². The average Bonchev–Trinajstić information content (AvgIpc) is 3.10. The van der Waals surface area contributed by atoms with Crippen molar-refractivity contribution in [1.29, 1.82) is 0 Å². The molecule has 0 radical (unpaired) electrons. The van der Waals surface area contributed by atoms with Crippen molar-refractivity contribution in [2.24, 2.45) is 52.3 Å². The molecule has 0 aromatic carbocycles. The number of hydrogen-bond donors (Lipinski definition) is 1. The zero-order chi connectivity index (χ0) is 24.1. The van der Waals surface area contributed by atoms with E-state index < -0.39 is 6.10 Å². The molecule has 4 aliphatic carbocycles. The van der Waals surface area contributed by atoms with Gasteiger partial charge in [0.2, 0.25) is 0 Å². The minimum atomic E-state index is -0.412. The second-order valence-corrected chi connectivity index (χ2v) is 13.0. The van der Waals surface area contributed by atoms with E-state index in [1.165, 1.54) is 32.6 Å². The first-order valence-corrected chi connectivity index (χ1v) is 13.7. The fourth-order valence-electron chi connectivity index (χ4n) is 8.49. The third-order valence-corrected chi connectivity index (χ3v) is 10.9. The van der Waals surface area contributed by atoms with Crippen LogP contribution in [0.15, 0.2) is 23.8 Å². The summed E-state index contributed by atoms with van der Waals surface area (Å²) in [6, 6.07) is 0. The van der Waals surface area contributed by atoms with Gasteiger partial charge in [-0.1, -0.05) is 65.3 Å². The quantitative estimate of drug-likeness (QED) is 0.359. The van der Waals surface area contributed by atoms with Crippen LogP contribution in [0.5, 0.6) is 0 Å². The SMILES string of the molecule is CC(=O)OC1CC[C@@]2(C)C(C1)C(O)C=C1[C@@H]3CC[C@H]([C@H](C)C=C[C@H](C)C(C)C)[C@@]3(C)CC[C@@H]12. The second-order valence-electron chi connectivity index (χ2n) is 13.0. The van der Waals surface area contributed by atoms with Crippen LogP contribution in [0.3, 0.4) is 0 Å². The monoisotopic (exact) mass is 456 g/mol. The number of esters is 1. The molecular formula is C30H48O3. The Morgan fingerprint density at radius 1 is 1.03 bits per heavy atom. The van der Waals surface area contributed by atoms with Gasteiger partial charge in [-0.3, -0.25) is 4.79 Å². The van der Waals surface area contributed by atoms with Gasteiger partial charge in [-0.25, -0.2) is 0 Å². The van der Waals surface area contributed by atoms with Crippen LogP contribution in [0.4, 0.5) is 0 Å². The van der Waals surface area contributed by atoms with Gasteiger partial charge in [-0.15, -0.1) is 0 Å². The molecule has 3 saturated carbocycles. The third kappa shape index (κ3) is 4.37. The summed E-state index contributed by atoms with van der Waals surface area (Å²) in [7, 11) is 0. The lowest BCUT2D eigenvalue weighted by Crippen LogP contribution is -2.54. The van der Waals surface area contributed by atoms with Gasteiger partial charge in [0.1, 0.15) is 6.10 Å². The standard InChI is InChI=1S/C30H48O3/c1-18(2)19(3)8-9-20(4)24-10-11-25-23-17-28(32)27-16-22(33-21(5)31)12-14-30(27,7)26(23)13-15-29(24,25)6/h8-9,17-20,22,24-28,32H,10-16H2,1-7H3/t19-,20+,22?,24+,25-,26-,27?,28?,29+,30+/m0/s1. The molecule has 3 heteroatoms. The maximum atomic E-state index is 11.5. The molecule has 0 saturated heterocycles. The molecule has 1 N–H and O–H groups in total. The maximum Gasteiger partial charge on any atom is 0.302 e. The van der Waals surface area contributed by atoms with Gasteiger partial charge in [-0.2, -0.15) is 0 Å². The molecule has 3 fully saturated rings. The van der Waals surface area contributed by atoms with E-state index in [1.807, 2.05) is 0 Å². The van der Waals surface area contributed by atoms with Gasteiger partial charge in [0, 0.05) is 6.92 Å². The topological polar surface area (TPSA) is 46.5 Å². The van der Waals surface area contributed by atoms with Crippen molar-refractivity contribution in [2.45, 2.75) is 106 Å². The van der Waals surface area contributed by atoms with E-state index in [2.05, 4.69) is 59.8 Å². The predicted octanol–water partition coefficient (Wildman–Crippen LogP) is 6.95. The molecule has 4 rings (SSSR count). The number of carbonyl (C=O) groups is 1. The van der Waals surface area contributed by atoms with Crippen LogP contribution in [0, 0.1) is 52.3 Å². The molecular weight excluding hydrogens is 408 g/mol. The molecule has 0 heterocycles. The lowest BCUT2D eigenvalue weighted by Gasteiger charge is -2.58. The van der Waals surface area contributed by atoms with Crippen LogP contribution in [0.25, 0.3) is 0 Å². The molecule has 0 amide bonds. The molecule has 0 bridgehead atoms. The summed E-state index contributed by atoms with van der Waals surface area (Å²) >= 11 is 0. The first-order chi connectivity index (χ1) is 15.5. The van der Waals surface area contributed by atoms with Crippen LogP contribution in [0.2, 0.25) is 0 Å². The molecule has 0 aliphatic heterocycles. The zero-order valence-corrected chi connectivity index (χ0v) is 22.1. The van der Waals surface area contributed by atoms with E-state index in [0.717, 1.165) is 25.2 Å². The second kappa shape index (κ2) is 9.17. The van der Waals surface area contributed by atoms with E-state index in [-0.39, 0.29) is 23.4 Å². The Kier molecular flexibility index (Phi) is 6.95. The summed E-state index contributed by atoms with van der Waals surface area (Å²) in [6.45, 7) is 15.9. The van der Waals surface area contributed by atoms with Crippen molar-refractivity contribution in [2.75, 3.05) is 0 Å². The lowest BCUT2D eigenvalue weighted by molar-refractivity contribution is -0.155. The Morgan fingerprint density at radius 3 is 2.36 bits per heavy atom. The molecule has 4 aliphatic rings. The maximum absolute atomic E-state index is 11.5. The van der Waals surface area contributed by atoms with Crippen LogP contribution in [-0.2, 0) is 9.53 Å². The normalized spacial score (nSPS) is 44.6. The molecule has 10 atom stereocenters. The number of aliphatic hydroxyl groups is 1. The van der Waals surface area contributed by atoms with E-state index >= 15 is 0 Å². The number of allylic oxidation sites excluding steroid dienone is 3. The Hall–Kier alpha value is -1.09. The minimum Gasteiger partial charge on any atom is -0.463 e. The summed E-state index contributed by atoms with van der Waals surface area (Å²) in [5, 5.41) is 11.3. The van der Waals surface area contributed by atoms with Gasteiger partial charge in [0.15, 0.2) is 0 Å². The first kappa shape index (κ1) is 25.0. The molecule has 186 valence electrons. The Labute approximate surface area is 202 Å². The first-order valence-electron chi connectivity index (χ1n) is 13.7. The van der Waals surface area contributed by atoms with Gasteiger partial charge in [-0.05, 0) is 97.2 Å². The number of aliphatic hydroxyl groups excluding tert-OH is 1. The third-order valence-electron chi connectivity index (χ3n) is 10.9. The van der Waals surface area contributed by atoms with Gasteiger partial charge in [0.25, 0.3) is 0 Å². The van der Waals surface area contributed by atoms with Gasteiger partial charge in [0.05, 0.1) is 6.10 Å². The molecule has 33 heavy (non-hydrogen) atoms. The van der Waals surface area contributed by atoms with E-state index in [4.69, 9.17) is 4.74 Å². The van der Waals surface area contributed by atoms with Crippen molar-refractivity contribution in [3.05, 3.63) is 23.8 Å². The van der Waals surface area contributed by atoms with Gasteiger partial charge >= 0.3 is 5.97 Å². The average molecular weight is 457 g/mol. The molecule has 0 aromatic rings. The van der Waals surface area contributed by atoms with E-state index in [9.17, 15) is 9.90 Å². The number of hydrogen-bond acceptors (Lipinski definition) is 3. The molecule has 3 unspecified atom stereocenters.